The summed E-state index contributed by atoms with van der Waals surface area (Å²) in [6, 6.07) is 0. The molecule has 0 nitrogen and oxygen atoms in total. The van der Waals surface area contributed by atoms with E-state index in [0.717, 1.165) is 0 Å². The van der Waals surface area contributed by atoms with Crippen LogP contribution in [0.1, 0.15) is 40.0 Å². The molecule has 0 N–H and O–H groups in total. The zero-order valence-corrected chi connectivity index (χ0v) is 7.76. The molecular weight excluding hydrogens is 165 g/mol. The highest BCUT2D eigenvalue weighted by Gasteiger charge is 2.76. The lowest BCUT2D eigenvalue weighted by Crippen LogP contribution is -2.66. The Hall–Kier alpha value is -0.210. The smallest absolute Gasteiger partial charge is 0.171 e. The first-order valence-electron chi connectivity index (χ1n) is 4.44. The molecule has 2 bridgehead atoms. The SMILES string of the molecule is CC.CC12CC(C(F)(F)F)(C1)C2. The van der Waals surface area contributed by atoms with Gasteiger partial charge in [0.05, 0.1) is 5.41 Å². The van der Waals surface area contributed by atoms with Crippen LogP contribution in [0.5, 0.6) is 0 Å². The van der Waals surface area contributed by atoms with Gasteiger partial charge in [0.2, 0.25) is 0 Å². The fourth-order valence-corrected chi connectivity index (χ4v) is 2.60. The summed E-state index contributed by atoms with van der Waals surface area (Å²) in [6.07, 6.45) is -2.79. The largest absolute Gasteiger partial charge is 0.394 e. The van der Waals surface area contributed by atoms with Crippen molar-refractivity contribution >= 4 is 0 Å². The number of alkyl halides is 3. The Bertz CT molecular complexity index is 161. The summed E-state index contributed by atoms with van der Waals surface area (Å²) in [5.74, 6) is 0. The summed E-state index contributed by atoms with van der Waals surface area (Å²) in [5.41, 5.74) is -1.17. The van der Waals surface area contributed by atoms with E-state index >= 15 is 0 Å². The van der Waals surface area contributed by atoms with E-state index in [-0.39, 0.29) is 5.41 Å². The standard InChI is InChI=1S/C7H9F3.C2H6/c1-5-2-6(3-5,4-5)7(8,9)10;1-2/h2-4H2,1H3;1-2H3. The summed E-state index contributed by atoms with van der Waals surface area (Å²) in [5, 5.41) is 0. The van der Waals surface area contributed by atoms with Crippen molar-refractivity contribution in [3.63, 3.8) is 0 Å². The molecular formula is C9H15F3. The Labute approximate surface area is 71.1 Å². The lowest BCUT2D eigenvalue weighted by atomic mass is 9.35. The third-order valence-electron chi connectivity index (χ3n) is 2.90. The van der Waals surface area contributed by atoms with Crippen molar-refractivity contribution in [2.45, 2.75) is 46.2 Å². The van der Waals surface area contributed by atoms with E-state index in [9.17, 15) is 13.2 Å². The van der Waals surface area contributed by atoms with Crippen LogP contribution in [0.25, 0.3) is 0 Å². The lowest BCUT2D eigenvalue weighted by Gasteiger charge is -2.69. The van der Waals surface area contributed by atoms with Crippen molar-refractivity contribution < 1.29 is 13.2 Å². The molecule has 0 amide bonds. The first-order valence-corrected chi connectivity index (χ1v) is 4.44. The Balaban J connectivity index is 0.000000336. The molecule has 0 aliphatic heterocycles. The maximum Gasteiger partial charge on any atom is 0.394 e. The Kier molecular flexibility index (Phi) is 1.97. The predicted octanol–water partition coefficient (Wildman–Crippen LogP) is 3.77. The lowest BCUT2D eigenvalue weighted by molar-refractivity contribution is -0.358. The zero-order chi connectivity index (χ0) is 9.62. The second-order valence-electron chi connectivity index (χ2n) is 4.12. The van der Waals surface area contributed by atoms with Gasteiger partial charge in [-0.2, -0.15) is 13.2 Å². The van der Waals surface area contributed by atoms with Gasteiger partial charge < -0.3 is 0 Å². The van der Waals surface area contributed by atoms with Gasteiger partial charge in [0.15, 0.2) is 0 Å². The molecule has 0 atom stereocenters. The molecule has 12 heavy (non-hydrogen) atoms. The van der Waals surface area contributed by atoms with E-state index in [1.165, 1.54) is 0 Å². The van der Waals surface area contributed by atoms with Crippen LogP contribution in [0.15, 0.2) is 0 Å². The molecule has 0 aromatic heterocycles. The summed E-state index contributed by atoms with van der Waals surface area (Å²) < 4.78 is 36.3. The van der Waals surface area contributed by atoms with Crippen molar-refractivity contribution in [1.82, 2.24) is 0 Å². The molecule has 3 aliphatic rings. The zero-order valence-electron chi connectivity index (χ0n) is 7.76. The van der Waals surface area contributed by atoms with Crippen molar-refractivity contribution in [2.75, 3.05) is 0 Å². The third-order valence-corrected chi connectivity index (χ3v) is 2.90. The second kappa shape index (κ2) is 2.39. The Morgan fingerprint density at radius 1 is 1.00 bits per heavy atom. The van der Waals surface area contributed by atoms with Crippen LogP contribution in [0.3, 0.4) is 0 Å². The van der Waals surface area contributed by atoms with Crippen LogP contribution in [0, 0.1) is 10.8 Å². The van der Waals surface area contributed by atoms with E-state index < -0.39 is 11.6 Å². The maximum absolute atomic E-state index is 12.1. The molecule has 3 heteroatoms. The van der Waals surface area contributed by atoms with Crippen LogP contribution < -0.4 is 0 Å². The summed E-state index contributed by atoms with van der Waals surface area (Å²) in [7, 11) is 0. The fourth-order valence-electron chi connectivity index (χ4n) is 2.60. The van der Waals surface area contributed by atoms with Gasteiger partial charge in [0.1, 0.15) is 0 Å². The molecule has 0 unspecified atom stereocenters. The van der Waals surface area contributed by atoms with Crippen LogP contribution >= 0.6 is 0 Å². The third kappa shape index (κ3) is 1.05. The van der Waals surface area contributed by atoms with Crippen LogP contribution in [-0.4, -0.2) is 6.18 Å². The molecule has 72 valence electrons. The number of hydrogen-bond donors (Lipinski definition) is 0. The molecule has 3 rings (SSSR count). The quantitative estimate of drug-likeness (QED) is 0.532. The van der Waals surface area contributed by atoms with Crippen LogP contribution in [0.2, 0.25) is 0 Å². The number of halogens is 3. The summed E-state index contributed by atoms with van der Waals surface area (Å²) >= 11 is 0. The normalized spacial score (nSPS) is 43.5. The first-order chi connectivity index (χ1) is 5.37. The predicted molar refractivity (Wildman–Crippen MR) is 41.8 cm³/mol. The molecule has 3 fully saturated rings. The van der Waals surface area contributed by atoms with Crippen molar-refractivity contribution in [1.29, 1.82) is 0 Å². The fraction of sp³-hybridized carbons (Fsp3) is 1.00. The molecule has 3 aliphatic carbocycles. The van der Waals surface area contributed by atoms with Gasteiger partial charge in [-0.05, 0) is 24.7 Å². The first kappa shape index (κ1) is 9.87. The second-order valence-corrected chi connectivity index (χ2v) is 4.12. The molecule has 0 saturated heterocycles. The highest BCUT2D eigenvalue weighted by atomic mass is 19.4. The molecule has 0 radical (unpaired) electrons. The minimum Gasteiger partial charge on any atom is -0.171 e. The van der Waals surface area contributed by atoms with E-state index in [2.05, 4.69) is 0 Å². The van der Waals surface area contributed by atoms with Crippen LogP contribution in [0.4, 0.5) is 13.2 Å². The molecule has 0 aromatic rings. The van der Waals surface area contributed by atoms with E-state index in [0.29, 0.717) is 19.3 Å². The summed E-state index contributed by atoms with van der Waals surface area (Å²) in [4.78, 5) is 0. The number of rotatable bonds is 0. The molecule has 0 aromatic carbocycles. The van der Waals surface area contributed by atoms with E-state index in [1.807, 2.05) is 20.8 Å². The Morgan fingerprint density at radius 3 is 1.42 bits per heavy atom. The minimum atomic E-state index is -3.93. The van der Waals surface area contributed by atoms with Gasteiger partial charge in [0, 0.05) is 0 Å². The average molecular weight is 180 g/mol. The summed E-state index contributed by atoms with van der Waals surface area (Å²) in [6.45, 7) is 5.93. The van der Waals surface area contributed by atoms with E-state index in [4.69, 9.17) is 0 Å². The van der Waals surface area contributed by atoms with Gasteiger partial charge in [-0.1, -0.05) is 20.8 Å². The van der Waals surface area contributed by atoms with Crippen molar-refractivity contribution in [2.24, 2.45) is 10.8 Å². The molecule has 0 spiro atoms. The van der Waals surface area contributed by atoms with Gasteiger partial charge >= 0.3 is 6.18 Å². The Morgan fingerprint density at radius 2 is 1.33 bits per heavy atom. The average Bonchev–Trinajstić information content (AvgIpc) is 1.81. The monoisotopic (exact) mass is 180 g/mol. The minimum absolute atomic E-state index is 0.0650. The van der Waals surface area contributed by atoms with Gasteiger partial charge in [0.25, 0.3) is 0 Å². The molecule has 0 heterocycles. The van der Waals surface area contributed by atoms with E-state index in [1.54, 1.807) is 0 Å². The molecule has 3 saturated carbocycles. The topological polar surface area (TPSA) is 0 Å². The van der Waals surface area contributed by atoms with Gasteiger partial charge in [-0.25, -0.2) is 0 Å². The van der Waals surface area contributed by atoms with Gasteiger partial charge in [-0.3, -0.25) is 0 Å². The van der Waals surface area contributed by atoms with Gasteiger partial charge in [-0.15, -0.1) is 0 Å². The highest BCUT2D eigenvalue weighted by molar-refractivity contribution is 5.17. The van der Waals surface area contributed by atoms with Crippen molar-refractivity contribution in [3.8, 4) is 0 Å². The van der Waals surface area contributed by atoms with Crippen LogP contribution in [-0.2, 0) is 0 Å². The highest BCUT2D eigenvalue weighted by Crippen LogP contribution is 2.78. The number of hydrogen-bond acceptors (Lipinski definition) is 0. The maximum atomic E-state index is 12.1. The van der Waals surface area contributed by atoms with Crippen molar-refractivity contribution in [3.05, 3.63) is 0 Å².